The summed E-state index contributed by atoms with van der Waals surface area (Å²) >= 11 is 6.34. The summed E-state index contributed by atoms with van der Waals surface area (Å²) in [7, 11) is 0. The van der Waals surface area contributed by atoms with Crippen LogP contribution in [-0.4, -0.2) is 63.6 Å². The van der Waals surface area contributed by atoms with Gasteiger partial charge in [-0.25, -0.2) is 0 Å². The smallest absolute Gasteiger partial charge is 0.250 e. The van der Waals surface area contributed by atoms with Gasteiger partial charge in [-0.05, 0) is 65.1 Å². The van der Waals surface area contributed by atoms with Crippen LogP contribution >= 0.6 is 11.6 Å². The standard InChI is InChI=1S/C34H34ClN5O4/c1-22-14-17-39(29(33(36)43)20-25-8-4-7-24-6-2-3-11-28(24)25)34(44)32(26-9-5-10-27(35)19-26)40(22)31(42)21-38-30(41)18-23-12-15-37-16-13-23/h2-13,15-16,19,22,29,32H,14,17-18,20-21H2,1H3,(H2,36,43)(H,38,41)/t22-,29-,32+/m1/s1. The van der Waals surface area contributed by atoms with Crippen molar-refractivity contribution in [3.05, 3.63) is 113 Å². The van der Waals surface area contributed by atoms with E-state index in [9.17, 15) is 19.2 Å². The third-order valence-electron chi connectivity index (χ3n) is 8.06. The minimum atomic E-state index is -1.08. The van der Waals surface area contributed by atoms with Crippen molar-refractivity contribution in [3.8, 4) is 0 Å². The number of nitrogens with zero attached hydrogens (tertiary/aromatic N) is 3. The Hall–Kier alpha value is -4.76. The molecular weight excluding hydrogens is 578 g/mol. The van der Waals surface area contributed by atoms with E-state index < -0.39 is 35.8 Å². The molecule has 3 N–H and O–H groups in total. The molecule has 3 atom stereocenters. The zero-order chi connectivity index (χ0) is 31.2. The predicted octanol–water partition coefficient (Wildman–Crippen LogP) is 3.83. The number of aromatic nitrogens is 1. The summed E-state index contributed by atoms with van der Waals surface area (Å²) in [4.78, 5) is 60.9. The first kappa shape index (κ1) is 30.7. The molecule has 0 aliphatic carbocycles. The van der Waals surface area contributed by atoms with Crippen molar-refractivity contribution in [1.82, 2.24) is 20.1 Å². The van der Waals surface area contributed by atoms with E-state index in [1.54, 1.807) is 48.8 Å². The van der Waals surface area contributed by atoms with Crippen molar-refractivity contribution in [2.24, 2.45) is 5.73 Å². The minimum Gasteiger partial charge on any atom is -0.368 e. The Morgan fingerprint density at radius 3 is 2.50 bits per heavy atom. The minimum absolute atomic E-state index is 0.0875. The van der Waals surface area contributed by atoms with Gasteiger partial charge in [-0.15, -0.1) is 0 Å². The molecule has 1 aromatic heterocycles. The van der Waals surface area contributed by atoms with Gasteiger partial charge in [0.25, 0.3) is 5.91 Å². The number of fused-ring (bicyclic) bond motifs is 1. The number of nitrogens with one attached hydrogen (secondary N) is 1. The lowest BCUT2D eigenvalue weighted by atomic mass is 9.96. The maximum atomic E-state index is 14.5. The van der Waals surface area contributed by atoms with Gasteiger partial charge in [0.05, 0.1) is 13.0 Å². The topological polar surface area (TPSA) is 126 Å². The predicted molar refractivity (Wildman–Crippen MR) is 168 cm³/mol. The van der Waals surface area contributed by atoms with Crippen LogP contribution in [-0.2, 0) is 32.0 Å². The number of halogens is 1. The molecule has 2 heterocycles. The van der Waals surface area contributed by atoms with E-state index in [-0.39, 0.29) is 31.8 Å². The molecular formula is C34H34ClN5O4. The largest absolute Gasteiger partial charge is 0.368 e. The van der Waals surface area contributed by atoms with E-state index >= 15 is 0 Å². The van der Waals surface area contributed by atoms with Crippen LogP contribution in [0.25, 0.3) is 10.8 Å². The van der Waals surface area contributed by atoms with Crippen LogP contribution < -0.4 is 11.1 Å². The fourth-order valence-corrected chi connectivity index (χ4v) is 6.04. The molecule has 0 bridgehead atoms. The second-order valence-corrected chi connectivity index (χ2v) is 11.4. The number of benzene rings is 3. The Balaban J connectivity index is 1.44. The molecule has 0 spiro atoms. The highest BCUT2D eigenvalue weighted by Gasteiger charge is 2.43. The molecule has 44 heavy (non-hydrogen) atoms. The molecule has 4 amide bonds. The molecule has 0 unspecified atom stereocenters. The Bertz CT molecular complexity index is 1680. The van der Waals surface area contributed by atoms with E-state index in [1.807, 2.05) is 49.4 Å². The first-order valence-electron chi connectivity index (χ1n) is 14.5. The Morgan fingerprint density at radius 1 is 1.02 bits per heavy atom. The van der Waals surface area contributed by atoms with Crippen LogP contribution in [0.5, 0.6) is 0 Å². The number of primary amides is 1. The molecule has 1 fully saturated rings. The highest BCUT2D eigenvalue weighted by atomic mass is 35.5. The number of pyridine rings is 1. The first-order chi connectivity index (χ1) is 21.2. The summed E-state index contributed by atoms with van der Waals surface area (Å²) in [5.74, 6) is -1.82. The van der Waals surface area contributed by atoms with Crippen LogP contribution in [0.1, 0.15) is 36.1 Å². The number of carbonyl (C=O) groups excluding carboxylic acids is 4. The fourth-order valence-electron chi connectivity index (χ4n) is 5.84. The number of carbonyl (C=O) groups is 4. The average Bonchev–Trinajstić information content (AvgIpc) is 3.14. The van der Waals surface area contributed by atoms with E-state index in [1.165, 1.54) is 9.80 Å². The fraction of sp³-hybridized carbons (Fsp3) is 0.265. The summed E-state index contributed by atoms with van der Waals surface area (Å²) in [6.07, 6.45) is 3.90. The lowest BCUT2D eigenvalue weighted by molar-refractivity contribution is -0.148. The maximum Gasteiger partial charge on any atom is 0.250 e. The molecule has 3 aromatic carbocycles. The van der Waals surface area contributed by atoms with Crippen molar-refractivity contribution >= 4 is 46.0 Å². The van der Waals surface area contributed by atoms with Crippen molar-refractivity contribution < 1.29 is 19.2 Å². The van der Waals surface area contributed by atoms with Gasteiger partial charge in [-0.2, -0.15) is 0 Å². The van der Waals surface area contributed by atoms with Crippen molar-refractivity contribution in [1.29, 1.82) is 0 Å². The highest BCUT2D eigenvalue weighted by Crippen LogP contribution is 2.33. The number of hydrogen-bond acceptors (Lipinski definition) is 5. The van der Waals surface area contributed by atoms with Gasteiger partial charge in [0.2, 0.25) is 17.7 Å². The number of rotatable bonds is 9. The van der Waals surface area contributed by atoms with E-state index in [2.05, 4.69) is 10.3 Å². The Morgan fingerprint density at radius 2 is 1.75 bits per heavy atom. The van der Waals surface area contributed by atoms with Crippen molar-refractivity contribution in [2.75, 3.05) is 13.1 Å². The molecule has 1 aliphatic heterocycles. The van der Waals surface area contributed by atoms with Gasteiger partial charge in [0.15, 0.2) is 0 Å². The summed E-state index contributed by atoms with van der Waals surface area (Å²) in [5.41, 5.74) is 8.13. The number of amides is 4. The summed E-state index contributed by atoms with van der Waals surface area (Å²) in [6, 6.07) is 21.5. The molecule has 10 heteroatoms. The molecule has 226 valence electrons. The van der Waals surface area contributed by atoms with Crippen LogP contribution in [0.4, 0.5) is 0 Å². The van der Waals surface area contributed by atoms with Crippen LogP contribution in [0.2, 0.25) is 5.02 Å². The van der Waals surface area contributed by atoms with E-state index in [4.69, 9.17) is 17.3 Å². The number of hydrogen-bond donors (Lipinski definition) is 2. The third-order valence-corrected chi connectivity index (χ3v) is 8.29. The highest BCUT2D eigenvalue weighted by molar-refractivity contribution is 6.30. The molecule has 1 saturated heterocycles. The maximum absolute atomic E-state index is 14.5. The molecule has 1 aliphatic rings. The van der Waals surface area contributed by atoms with Crippen LogP contribution in [0.15, 0.2) is 91.3 Å². The van der Waals surface area contributed by atoms with Crippen LogP contribution in [0.3, 0.4) is 0 Å². The zero-order valence-corrected chi connectivity index (χ0v) is 25.1. The lowest BCUT2D eigenvalue weighted by Gasteiger charge is -2.36. The van der Waals surface area contributed by atoms with Crippen LogP contribution in [0, 0.1) is 0 Å². The second kappa shape index (κ2) is 13.7. The summed E-state index contributed by atoms with van der Waals surface area (Å²) in [6.45, 7) is 1.77. The normalized spacial score (nSPS) is 17.6. The quantitative estimate of drug-likeness (QED) is 0.298. The molecule has 0 radical (unpaired) electrons. The lowest BCUT2D eigenvalue weighted by Crippen LogP contribution is -2.53. The SMILES string of the molecule is C[C@@H]1CCN([C@H](Cc2cccc3ccccc23)C(N)=O)C(=O)[C@H](c2cccc(Cl)c2)N1C(=O)CNC(=O)Cc1ccncc1. The summed E-state index contributed by atoms with van der Waals surface area (Å²) in [5, 5.41) is 5.09. The Kier molecular flexibility index (Phi) is 9.55. The van der Waals surface area contributed by atoms with Gasteiger partial charge in [0, 0.05) is 36.4 Å². The van der Waals surface area contributed by atoms with E-state index in [0.29, 0.717) is 17.0 Å². The summed E-state index contributed by atoms with van der Waals surface area (Å²) < 4.78 is 0. The van der Waals surface area contributed by atoms with Crippen molar-refractivity contribution in [2.45, 2.75) is 44.3 Å². The molecule has 0 saturated carbocycles. The van der Waals surface area contributed by atoms with Gasteiger partial charge >= 0.3 is 0 Å². The molecule has 4 aromatic rings. The van der Waals surface area contributed by atoms with Gasteiger partial charge in [-0.1, -0.05) is 66.2 Å². The zero-order valence-electron chi connectivity index (χ0n) is 24.4. The molecule has 9 nitrogen and oxygen atoms in total. The average molecular weight is 612 g/mol. The Labute approximate surface area is 261 Å². The second-order valence-electron chi connectivity index (χ2n) is 11.0. The van der Waals surface area contributed by atoms with Crippen molar-refractivity contribution in [3.63, 3.8) is 0 Å². The molecule has 5 rings (SSSR count). The monoisotopic (exact) mass is 611 g/mol. The van der Waals surface area contributed by atoms with Gasteiger partial charge < -0.3 is 20.9 Å². The van der Waals surface area contributed by atoms with E-state index in [0.717, 1.165) is 21.9 Å². The number of nitrogens with two attached hydrogens (primary N) is 1. The third kappa shape index (κ3) is 6.89. The van der Waals surface area contributed by atoms with Gasteiger partial charge in [-0.3, -0.25) is 24.2 Å². The first-order valence-corrected chi connectivity index (χ1v) is 14.9. The van der Waals surface area contributed by atoms with Gasteiger partial charge in [0.1, 0.15) is 12.1 Å².